The fraction of sp³-hybridized carbons (Fsp3) is 0.381. The zero-order valence-corrected chi connectivity index (χ0v) is 16.2. The molecule has 1 aromatic carbocycles. The molecule has 2 aromatic rings. The van der Waals surface area contributed by atoms with Gasteiger partial charge in [0.15, 0.2) is 5.76 Å². The molecule has 0 aliphatic heterocycles. The molecule has 0 radical (unpaired) electrons. The van der Waals surface area contributed by atoms with Gasteiger partial charge in [0.05, 0.1) is 6.26 Å². The van der Waals surface area contributed by atoms with E-state index in [0.717, 1.165) is 12.0 Å². The number of benzene rings is 1. The molecule has 0 fully saturated rings. The molecular formula is C21H27N3O4. The van der Waals surface area contributed by atoms with E-state index in [4.69, 9.17) is 4.42 Å². The first kappa shape index (κ1) is 21.2. The number of carbonyl (C=O) groups is 3. The number of furan rings is 1. The smallest absolute Gasteiger partial charge is 0.287 e. The van der Waals surface area contributed by atoms with Crippen LogP contribution in [0.25, 0.3) is 0 Å². The summed E-state index contributed by atoms with van der Waals surface area (Å²) in [5, 5.41) is 8.28. The van der Waals surface area contributed by atoms with Crippen molar-refractivity contribution >= 4 is 17.7 Å². The van der Waals surface area contributed by atoms with Gasteiger partial charge in [-0.25, -0.2) is 0 Å². The maximum atomic E-state index is 12.6. The molecule has 7 nitrogen and oxygen atoms in total. The van der Waals surface area contributed by atoms with Gasteiger partial charge in [-0.05, 0) is 31.0 Å². The lowest BCUT2D eigenvalue weighted by molar-refractivity contribution is -0.123. The number of nitrogens with one attached hydrogen (secondary N) is 3. The third-order valence-corrected chi connectivity index (χ3v) is 4.32. The van der Waals surface area contributed by atoms with E-state index in [1.165, 1.54) is 12.3 Å². The minimum absolute atomic E-state index is 0.0987. The molecule has 0 saturated carbocycles. The first-order chi connectivity index (χ1) is 13.5. The van der Waals surface area contributed by atoms with Crippen molar-refractivity contribution in [2.24, 2.45) is 0 Å². The highest BCUT2D eigenvalue weighted by atomic mass is 16.3. The lowest BCUT2D eigenvalue weighted by Crippen LogP contribution is -2.48. The number of rotatable bonds is 10. The van der Waals surface area contributed by atoms with Crippen molar-refractivity contribution in [2.45, 2.75) is 45.2 Å². The largest absolute Gasteiger partial charge is 0.459 e. The second-order valence-corrected chi connectivity index (χ2v) is 6.61. The highest BCUT2D eigenvalue weighted by molar-refractivity contribution is 5.95. The zero-order chi connectivity index (χ0) is 20.4. The van der Waals surface area contributed by atoms with E-state index in [2.05, 4.69) is 16.0 Å². The molecule has 0 spiro atoms. The van der Waals surface area contributed by atoms with Crippen LogP contribution < -0.4 is 16.0 Å². The van der Waals surface area contributed by atoms with Crippen molar-refractivity contribution in [2.75, 3.05) is 6.54 Å². The molecule has 0 saturated heterocycles. The summed E-state index contributed by atoms with van der Waals surface area (Å²) in [4.78, 5) is 36.8. The molecule has 1 aromatic heterocycles. The topological polar surface area (TPSA) is 100 Å². The predicted octanol–water partition coefficient (Wildman–Crippen LogP) is 2.04. The van der Waals surface area contributed by atoms with E-state index in [0.29, 0.717) is 6.42 Å². The summed E-state index contributed by atoms with van der Waals surface area (Å²) in [7, 11) is 0. The normalized spacial score (nSPS) is 12.6. The van der Waals surface area contributed by atoms with Crippen molar-refractivity contribution in [3.8, 4) is 0 Å². The third kappa shape index (κ3) is 6.90. The Morgan fingerprint density at radius 2 is 1.79 bits per heavy atom. The van der Waals surface area contributed by atoms with Crippen molar-refractivity contribution in [1.82, 2.24) is 16.0 Å². The van der Waals surface area contributed by atoms with Crippen LogP contribution in [-0.2, 0) is 16.0 Å². The van der Waals surface area contributed by atoms with Crippen LogP contribution in [0.4, 0.5) is 0 Å². The van der Waals surface area contributed by atoms with Crippen molar-refractivity contribution in [3.63, 3.8) is 0 Å². The Labute approximate surface area is 164 Å². The molecule has 3 amide bonds. The average Bonchev–Trinajstić information content (AvgIpc) is 3.23. The van der Waals surface area contributed by atoms with Gasteiger partial charge in [0.25, 0.3) is 5.91 Å². The second-order valence-electron chi connectivity index (χ2n) is 6.61. The van der Waals surface area contributed by atoms with Crippen LogP contribution in [0.2, 0.25) is 0 Å². The molecule has 0 aliphatic carbocycles. The SMILES string of the molecule is CCC(C)NC(=O)CCNC(=O)C(Cc1ccccc1)NC(=O)c1ccco1. The molecular weight excluding hydrogens is 358 g/mol. The molecule has 0 bridgehead atoms. The van der Waals surface area contributed by atoms with Crippen LogP contribution in [0.3, 0.4) is 0 Å². The summed E-state index contributed by atoms with van der Waals surface area (Å²) in [6.07, 6.45) is 2.76. The zero-order valence-electron chi connectivity index (χ0n) is 16.2. The van der Waals surface area contributed by atoms with E-state index in [1.54, 1.807) is 6.07 Å². The molecule has 7 heteroatoms. The Kier molecular flexibility index (Phi) is 8.27. The Morgan fingerprint density at radius 1 is 1.04 bits per heavy atom. The van der Waals surface area contributed by atoms with Gasteiger partial charge in [-0.15, -0.1) is 0 Å². The van der Waals surface area contributed by atoms with E-state index < -0.39 is 11.9 Å². The minimum Gasteiger partial charge on any atom is -0.459 e. The summed E-state index contributed by atoms with van der Waals surface area (Å²) >= 11 is 0. The first-order valence-electron chi connectivity index (χ1n) is 9.45. The van der Waals surface area contributed by atoms with Gasteiger partial charge in [0, 0.05) is 25.4 Å². The minimum atomic E-state index is -0.780. The number of carbonyl (C=O) groups excluding carboxylic acids is 3. The number of hydrogen-bond donors (Lipinski definition) is 3. The lowest BCUT2D eigenvalue weighted by atomic mass is 10.0. The fourth-order valence-electron chi connectivity index (χ4n) is 2.57. The Morgan fingerprint density at radius 3 is 2.43 bits per heavy atom. The number of amides is 3. The maximum Gasteiger partial charge on any atom is 0.287 e. The quantitative estimate of drug-likeness (QED) is 0.583. The van der Waals surface area contributed by atoms with Crippen molar-refractivity contribution in [1.29, 1.82) is 0 Å². The Balaban J connectivity index is 1.94. The van der Waals surface area contributed by atoms with Gasteiger partial charge in [-0.1, -0.05) is 37.3 Å². The number of hydrogen-bond acceptors (Lipinski definition) is 4. The second kappa shape index (κ2) is 10.9. The highest BCUT2D eigenvalue weighted by Crippen LogP contribution is 2.06. The van der Waals surface area contributed by atoms with Crippen LogP contribution >= 0.6 is 0 Å². The summed E-state index contributed by atoms with van der Waals surface area (Å²) in [6.45, 7) is 4.11. The maximum absolute atomic E-state index is 12.6. The van der Waals surface area contributed by atoms with Crippen LogP contribution in [0.15, 0.2) is 53.1 Å². The van der Waals surface area contributed by atoms with Crippen LogP contribution in [0.5, 0.6) is 0 Å². The van der Waals surface area contributed by atoms with Gasteiger partial charge in [-0.3, -0.25) is 14.4 Å². The van der Waals surface area contributed by atoms with Crippen molar-refractivity contribution < 1.29 is 18.8 Å². The van der Waals surface area contributed by atoms with E-state index in [9.17, 15) is 14.4 Å². The predicted molar refractivity (Wildman–Crippen MR) is 106 cm³/mol. The van der Waals surface area contributed by atoms with E-state index >= 15 is 0 Å². The Bertz CT molecular complexity index is 759. The summed E-state index contributed by atoms with van der Waals surface area (Å²) in [6, 6.07) is 11.9. The van der Waals surface area contributed by atoms with Crippen LogP contribution in [0.1, 0.15) is 42.8 Å². The van der Waals surface area contributed by atoms with E-state index in [-0.39, 0.29) is 36.6 Å². The fourth-order valence-corrected chi connectivity index (χ4v) is 2.57. The molecule has 2 atom stereocenters. The molecule has 150 valence electrons. The summed E-state index contributed by atoms with van der Waals surface area (Å²) in [5.74, 6) is -0.789. The van der Waals surface area contributed by atoms with Gasteiger partial charge in [0.2, 0.25) is 11.8 Å². The first-order valence-corrected chi connectivity index (χ1v) is 9.45. The van der Waals surface area contributed by atoms with Gasteiger partial charge < -0.3 is 20.4 Å². The molecule has 0 aliphatic rings. The van der Waals surface area contributed by atoms with Gasteiger partial charge in [0.1, 0.15) is 6.04 Å². The molecule has 2 unspecified atom stereocenters. The third-order valence-electron chi connectivity index (χ3n) is 4.32. The standard InChI is InChI=1S/C21H27N3O4/c1-3-15(2)23-19(25)11-12-22-20(26)17(14-16-8-5-4-6-9-16)24-21(27)18-10-7-13-28-18/h4-10,13,15,17H,3,11-12,14H2,1-2H3,(H,22,26)(H,23,25)(H,24,27). The molecule has 3 N–H and O–H groups in total. The monoisotopic (exact) mass is 385 g/mol. The molecule has 2 rings (SSSR count). The summed E-state index contributed by atoms with van der Waals surface area (Å²) in [5.41, 5.74) is 0.914. The summed E-state index contributed by atoms with van der Waals surface area (Å²) < 4.78 is 5.09. The average molecular weight is 385 g/mol. The molecule has 28 heavy (non-hydrogen) atoms. The van der Waals surface area contributed by atoms with Crippen LogP contribution in [-0.4, -0.2) is 36.3 Å². The molecule has 1 heterocycles. The van der Waals surface area contributed by atoms with Gasteiger partial charge >= 0.3 is 0 Å². The van der Waals surface area contributed by atoms with Gasteiger partial charge in [-0.2, -0.15) is 0 Å². The van der Waals surface area contributed by atoms with Crippen molar-refractivity contribution in [3.05, 3.63) is 60.1 Å². The van der Waals surface area contributed by atoms with E-state index in [1.807, 2.05) is 44.2 Å². The Hall–Kier alpha value is -3.09. The lowest BCUT2D eigenvalue weighted by Gasteiger charge is -2.18. The highest BCUT2D eigenvalue weighted by Gasteiger charge is 2.23. The van der Waals surface area contributed by atoms with Crippen LogP contribution in [0, 0.1) is 0 Å².